The number of rotatable bonds is 1. The van der Waals surface area contributed by atoms with Crippen molar-refractivity contribution in [3.63, 3.8) is 0 Å². The molecule has 0 amide bonds. The number of aliphatic hydroxyl groups is 3. The molecule has 3 rings (SSSR count). The molecule has 0 aromatic heterocycles. The summed E-state index contributed by atoms with van der Waals surface area (Å²) < 4.78 is 0. The third kappa shape index (κ3) is 1.13. The van der Waals surface area contributed by atoms with Gasteiger partial charge in [-0.15, -0.1) is 0 Å². The maximum atomic E-state index is 11.2. The van der Waals surface area contributed by atoms with Crippen LogP contribution in [0.4, 0.5) is 0 Å². The smallest absolute Gasteiger partial charge is 0.0989 e. The molecule has 0 aliphatic heterocycles. The third-order valence-corrected chi connectivity index (χ3v) is 7.02. The summed E-state index contributed by atoms with van der Waals surface area (Å²) in [6, 6.07) is 0. The van der Waals surface area contributed by atoms with Crippen LogP contribution in [0.15, 0.2) is 0 Å². The summed E-state index contributed by atoms with van der Waals surface area (Å²) in [5, 5.41) is 31.5. The Balaban J connectivity index is 2.12. The van der Waals surface area contributed by atoms with Gasteiger partial charge >= 0.3 is 0 Å². The molecule has 3 aliphatic rings. The lowest BCUT2D eigenvalue weighted by molar-refractivity contribution is -0.208. The summed E-state index contributed by atoms with van der Waals surface area (Å²) in [5.41, 5.74) is -2.20. The molecule has 3 N–H and O–H groups in total. The minimum Gasteiger partial charge on any atom is -0.396 e. The summed E-state index contributed by atoms with van der Waals surface area (Å²) in [6.07, 6.45) is 4.41. The van der Waals surface area contributed by atoms with E-state index in [0.717, 1.165) is 19.3 Å². The number of aliphatic hydroxyl groups excluding tert-OH is 1. The molecule has 0 heterocycles. The molecule has 104 valence electrons. The van der Waals surface area contributed by atoms with E-state index in [0.29, 0.717) is 24.7 Å². The Morgan fingerprint density at radius 2 is 1.72 bits per heavy atom. The molecule has 3 saturated carbocycles. The summed E-state index contributed by atoms with van der Waals surface area (Å²) >= 11 is 0. The van der Waals surface area contributed by atoms with Crippen molar-refractivity contribution in [3.05, 3.63) is 0 Å². The van der Waals surface area contributed by atoms with Crippen LogP contribution in [0.3, 0.4) is 0 Å². The van der Waals surface area contributed by atoms with Gasteiger partial charge in [-0.25, -0.2) is 0 Å². The van der Waals surface area contributed by atoms with Crippen molar-refractivity contribution in [3.8, 4) is 0 Å². The van der Waals surface area contributed by atoms with Crippen molar-refractivity contribution in [2.75, 3.05) is 6.61 Å². The van der Waals surface area contributed by atoms with E-state index < -0.39 is 11.2 Å². The maximum absolute atomic E-state index is 11.2. The second kappa shape index (κ2) is 3.31. The summed E-state index contributed by atoms with van der Waals surface area (Å²) in [7, 11) is 0. The number of fused-ring (bicyclic) bond motifs is 1. The van der Waals surface area contributed by atoms with Gasteiger partial charge in [0, 0.05) is 6.61 Å². The first-order valence-electron chi connectivity index (χ1n) is 7.27. The second-order valence-corrected chi connectivity index (χ2v) is 7.78. The van der Waals surface area contributed by atoms with Crippen LogP contribution < -0.4 is 0 Å². The van der Waals surface area contributed by atoms with Crippen LogP contribution in [-0.2, 0) is 0 Å². The molecule has 0 radical (unpaired) electrons. The van der Waals surface area contributed by atoms with Gasteiger partial charge in [0.25, 0.3) is 0 Å². The van der Waals surface area contributed by atoms with Gasteiger partial charge in [-0.3, -0.25) is 0 Å². The second-order valence-electron chi connectivity index (χ2n) is 7.78. The summed E-state index contributed by atoms with van der Waals surface area (Å²) in [6.45, 7) is 6.24. The number of hydrogen-bond acceptors (Lipinski definition) is 3. The van der Waals surface area contributed by atoms with Crippen LogP contribution in [-0.4, -0.2) is 33.1 Å². The van der Waals surface area contributed by atoms with Crippen LogP contribution in [0, 0.1) is 22.7 Å². The lowest BCUT2D eigenvalue weighted by Crippen LogP contribution is -2.60. The average molecular weight is 254 g/mol. The molecule has 2 bridgehead atoms. The van der Waals surface area contributed by atoms with E-state index >= 15 is 0 Å². The fourth-order valence-corrected chi connectivity index (χ4v) is 5.87. The molecule has 0 aromatic carbocycles. The van der Waals surface area contributed by atoms with Crippen molar-refractivity contribution in [2.45, 2.75) is 64.1 Å². The normalized spacial score (nSPS) is 57.7. The molecular formula is C15H26O3. The van der Waals surface area contributed by atoms with E-state index in [4.69, 9.17) is 0 Å². The monoisotopic (exact) mass is 254 g/mol. The lowest BCUT2D eigenvalue weighted by Gasteiger charge is -2.51. The molecule has 0 aromatic rings. The Morgan fingerprint density at radius 3 is 2.33 bits per heavy atom. The molecular weight excluding hydrogens is 228 g/mol. The molecule has 1 spiro atoms. The zero-order valence-corrected chi connectivity index (χ0v) is 11.7. The largest absolute Gasteiger partial charge is 0.396 e. The van der Waals surface area contributed by atoms with E-state index in [2.05, 4.69) is 13.8 Å². The minimum atomic E-state index is -1.00. The fourth-order valence-electron chi connectivity index (χ4n) is 5.87. The van der Waals surface area contributed by atoms with E-state index in [1.165, 1.54) is 0 Å². The van der Waals surface area contributed by atoms with Crippen molar-refractivity contribution in [1.29, 1.82) is 0 Å². The molecule has 5 atom stereocenters. The van der Waals surface area contributed by atoms with Crippen LogP contribution in [0.25, 0.3) is 0 Å². The summed E-state index contributed by atoms with van der Waals surface area (Å²) in [4.78, 5) is 0. The van der Waals surface area contributed by atoms with Gasteiger partial charge in [-0.1, -0.05) is 13.8 Å². The Morgan fingerprint density at radius 1 is 1.06 bits per heavy atom. The van der Waals surface area contributed by atoms with Crippen molar-refractivity contribution in [1.82, 2.24) is 0 Å². The maximum Gasteiger partial charge on any atom is 0.0989 e. The Bertz CT molecular complexity index is 376. The van der Waals surface area contributed by atoms with Crippen molar-refractivity contribution >= 4 is 0 Å². The van der Waals surface area contributed by atoms with Gasteiger partial charge in [-0.2, -0.15) is 0 Å². The molecule has 3 fully saturated rings. The highest BCUT2D eigenvalue weighted by molar-refractivity contribution is 5.25. The van der Waals surface area contributed by atoms with E-state index in [-0.39, 0.29) is 17.4 Å². The highest BCUT2D eigenvalue weighted by Crippen LogP contribution is 2.74. The van der Waals surface area contributed by atoms with Crippen molar-refractivity contribution in [2.24, 2.45) is 22.7 Å². The zero-order chi connectivity index (χ0) is 13.4. The molecule has 0 saturated heterocycles. The van der Waals surface area contributed by atoms with E-state index in [1.807, 2.05) is 0 Å². The first-order chi connectivity index (χ1) is 8.21. The predicted molar refractivity (Wildman–Crippen MR) is 68.9 cm³/mol. The van der Waals surface area contributed by atoms with Gasteiger partial charge in [-0.05, 0) is 61.7 Å². The Labute approximate surface area is 109 Å². The molecule has 3 aliphatic carbocycles. The molecule has 18 heavy (non-hydrogen) atoms. The average Bonchev–Trinajstić information content (AvgIpc) is 2.69. The van der Waals surface area contributed by atoms with Gasteiger partial charge in [0.15, 0.2) is 0 Å². The Kier molecular flexibility index (Phi) is 2.37. The first kappa shape index (κ1) is 12.9. The van der Waals surface area contributed by atoms with Crippen LogP contribution in [0.5, 0.6) is 0 Å². The summed E-state index contributed by atoms with van der Waals surface area (Å²) in [5.74, 6) is 0.744. The topological polar surface area (TPSA) is 60.7 Å². The number of hydrogen-bond donors (Lipinski definition) is 3. The van der Waals surface area contributed by atoms with Crippen LogP contribution in [0.2, 0.25) is 0 Å². The van der Waals surface area contributed by atoms with Gasteiger partial charge in [0.05, 0.1) is 11.2 Å². The van der Waals surface area contributed by atoms with Crippen LogP contribution >= 0.6 is 0 Å². The zero-order valence-electron chi connectivity index (χ0n) is 11.7. The predicted octanol–water partition coefficient (Wildman–Crippen LogP) is 1.70. The third-order valence-electron chi connectivity index (χ3n) is 7.02. The molecule has 3 heteroatoms. The first-order valence-corrected chi connectivity index (χ1v) is 7.27. The highest BCUT2D eigenvalue weighted by atomic mass is 16.4. The van der Waals surface area contributed by atoms with Gasteiger partial charge < -0.3 is 15.3 Å². The van der Waals surface area contributed by atoms with E-state index in [1.54, 1.807) is 6.92 Å². The quantitative estimate of drug-likeness (QED) is 0.667. The fraction of sp³-hybridized carbons (Fsp3) is 1.00. The van der Waals surface area contributed by atoms with Crippen LogP contribution in [0.1, 0.15) is 52.9 Å². The highest BCUT2D eigenvalue weighted by Gasteiger charge is 2.75. The minimum absolute atomic E-state index is 0.0647. The lowest BCUT2D eigenvalue weighted by atomic mass is 9.61. The molecule has 3 nitrogen and oxygen atoms in total. The SMILES string of the molecule is CC1(C)[C@@H]2CC[C@@H](CO)[C@@]23CC[C@@](C)(O)[C@]1(O)C3. The van der Waals surface area contributed by atoms with Gasteiger partial charge in [0.2, 0.25) is 0 Å². The Hall–Kier alpha value is -0.120. The van der Waals surface area contributed by atoms with Gasteiger partial charge in [0.1, 0.15) is 0 Å². The molecule has 0 unspecified atom stereocenters. The van der Waals surface area contributed by atoms with Crippen molar-refractivity contribution < 1.29 is 15.3 Å². The van der Waals surface area contributed by atoms with E-state index in [9.17, 15) is 15.3 Å². The standard InChI is InChI=1S/C15H26O3/c1-12(2)11-5-4-10(8-16)14(11)7-6-13(3,17)15(12,18)9-14/h10-11,16-18H,4-9H2,1-3H3/t10-,11-,13+,14-,15-/m0/s1.